The Morgan fingerprint density at radius 1 is 0.773 bits per heavy atom. The Hall–Kier alpha value is -4.72. The van der Waals surface area contributed by atoms with Crippen LogP contribution in [0.4, 0.5) is 5.69 Å². The van der Waals surface area contributed by atoms with Gasteiger partial charge in [0.2, 0.25) is 0 Å². The van der Waals surface area contributed by atoms with Crippen LogP contribution < -0.4 is 16.4 Å². The summed E-state index contributed by atoms with van der Waals surface area (Å²) in [5.74, 6) is 0.316. The SMILES string of the molecule is Nc1c(-c2cccc(-c3ccc(-c4cnc(C5CCCN5)[nH]4)cc3)c2)ccc2c1Cc1ccccc1-2.O=C(O)C1CCCN1. The maximum atomic E-state index is 10.1. The van der Waals surface area contributed by atoms with Crippen molar-refractivity contribution in [3.8, 4) is 44.6 Å². The number of nitrogens with zero attached hydrogens (tertiary/aromatic N) is 1. The van der Waals surface area contributed by atoms with E-state index in [0.717, 1.165) is 72.7 Å². The molecule has 222 valence electrons. The van der Waals surface area contributed by atoms with Crippen molar-refractivity contribution in [2.24, 2.45) is 0 Å². The lowest BCUT2D eigenvalue weighted by Gasteiger charge is -2.13. The van der Waals surface area contributed by atoms with Crippen LogP contribution >= 0.6 is 0 Å². The molecule has 2 fully saturated rings. The standard InChI is InChI=1S/C32H28N4.C5H9NO2/c33-31-26(14-15-27-25-8-2-1-5-24(25)18-28(27)31)23-7-3-6-22(17-23)20-10-12-21(13-11-20)30-19-35-32(36-30)29-9-4-16-34-29;7-5(8)4-2-1-3-6-4/h1-3,5-8,10-15,17,19,29,34H,4,9,16,18,33H2,(H,35,36);4,6H,1-3H2,(H,7,8). The van der Waals surface area contributed by atoms with Gasteiger partial charge in [-0.25, -0.2) is 4.98 Å². The minimum atomic E-state index is -0.720. The third-order valence-corrected chi connectivity index (χ3v) is 9.08. The summed E-state index contributed by atoms with van der Waals surface area (Å²) in [5, 5.41) is 14.7. The predicted octanol–water partition coefficient (Wildman–Crippen LogP) is 6.81. The second-order valence-electron chi connectivity index (χ2n) is 11.9. The smallest absolute Gasteiger partial charge is 0.320 e. The molecule has 2 saturated heterocycles. The number of fused-ring (bicyclic) bond motifs is 3. The van der Waals surface area contributed by atoms with Gasteiger partial charge in [-0.2, -0.15) is 0 Å². The number of anilines is 1. The first kappa shape index (κ1) is 28.1. The van der Waals surface area contributed by atoms with Gasteiger partial charge in [0.1, 0.15) is 11.9 Å². The molecule has 0 saturated carbocycles. The monoisotopic (exact) mass is 583 g/mol. The number of imidazole rings is 1. The Labute approximate surface area is 257 Å². The molecule has 3 aliphatic rings. The number of aliphatic carboxylic acids is 1. The van der Waals surface area contributed by atoms with Crippen LogP contribution in [0.1, 0.15) is 48.7 Å². The van der Waals surface area contributed by atoms with Gasteiger partial charge in [-0.3, -0.25) is 4.79 Å². The summed E-state index contributed by atoms with van der Waals surface area (Å²) >= 11 is 0. The van der Waals surface area contributed by atoms with E-state index in [-0.39, 0.29) is 6.04 Å². The van der Waals surface area contributed by atoms with Gasteiger partial charge in [-0.05, 0) is 89.3 Å². The van der Waals surface area contributed by atoms with Crippen LogP contribution in [0.5, 0.6) is 0 Å². The third-order valence-electron chi connectivity index (χ3n) is 9.08. The van der Waals surface area contributed by atoms with Crippen molar-refractivity contribution in [2.45, 2.75) is 44.2 Å². The zero-order valence-corrected chi connectivity index (χ0v) is 24.6. The fourth-order valence-electron chi connectivity index (χ4n) is 6.67. The Morgan fingerprint density at radius 3 is 2.27 bits per heavy atom. The van der Waals surface area contributed by atoms with Gasteiger partial charge < -0.3 is 26.5 Å². The highest BCUT2D eigenvalue weighted by Gasteiger charge is 2.23. The minimum absolute atomic E-state index is 0.269. The number of hydrogen-bond donors (Lipinski definition) is 5. The first-order valence-electron chi connectivity index (χ1n) is 15.5. The molecule has 2 aliphatic heterocycles. The molecule has 7 heteroatoms. The average Bonchev–Trinajstić information content (AvgIpc) is 3.89. The molecule has 0 radical (unpaired) electrons. The molecule has 1 aliphatic carbocycles. The molecular weight excluding hydrogens is 546 g/mol. The number of benzene rings is 4. The second kappa shape index (κ2) is 12.1. The number of rotatable bonds is 5. The van der Waals surface area contributed by atoms with Crippen molar-refractivity contribution in [1.29, 1.82) is 0 Å². The first-order valence-corrected chi connectivity index (χ1v) is 15.5. The van der Waals surface area contributed by atoms with E-state index in [2.05, 4.69) is 106 Å². The highest BCUT2D eigenvalue weighted by Crippen LogP contribution is 2.43. The lowest BCUT2D eigenvalue weighted by atomic mass is 9.94. The summed E-state index contributed by atoms with van der Waals surface area (Å²) in [6.45, 7) is 1.93. The van der Waals surface area contributed by atoms with Crippen LogP contribution in [0.2, 0.25) is 0 Å². The van der Waals surface area contributed by atoms with E-state index >= 15 is 0 Å². The predicted molar refractivity (Wildman–Crippen MR) is 176 cm³/mol. The molecule has 0 spiro atoms. The number of aromatic nitrogens is 2. The molecule has 2 atom stereocenters. The van der Waals surface area contributed by atoms with Gasteiger partial charge in [0.25, 0.3) is 0 Å². The van der Waals surface area contributed by atoms with Crippen molar-refractivity contribution in [3.63, 3.8) is 0 Å². The van der Waals surface area contributed by atoms with Gasteiger partial charge in [-0.1, -0.05) is 78.9 Å². The van der Waals surface area contributed by atoms with Gasteiger partial charge in [-0.15, -0.1) is 0 Å². The van der Waals surface area contributed by atoms with Crippen molar-refractivity contribution in [2.75, 3.05) is 18.8 Å². The largest absolute Gasteiger partial charge is 0.480 e. The average molecular weight is 584 g/mol. The summed E-state index contributed by atoms with van der Waals surface area (Å²) in [6, 6.07) is 30.5. The second-order valence-corrected chi connectivity index (χ2v) is 11.9. The lowest BCUT2D eigenvalue weighted by Crippen LogP contribution is -2.29. The normalized spacial score (nSPS) is 18.4. The highest BCUT2D eigenvalue weighted by molar-refractivity contribution is 5.90. The van der Waals surface area contributed by atoms with Crippen molar-refractivity contribution >= 4 is 11.7 Å². The zero-order valence-electron chi connectivity index (χ0n) is 24.6. The molecule has 2 unspecified atom stereocenters. The molecule has 7 nitrogen and oxygen atoms in total. The lowest BCUT2D eigenvalue weighted by molar-refractivity contribution is -0.139. The van der Waals surface area contributed by atoms with Crippen LogP contribution in [0.3, 0.4) is 0 Å². The zero-order chi connectivity index (χ0) is 30.0. The molecule has 4 aromatic carbocycles. The van der Waals surface area contributed by atoms with Gasteiger partial charge >= 0.3 is 5.97 Å². The number of aromatic amines is 1. The molecular formula is C37H37N5O2. The maximum Gasteiger partial charge on any atom is 0.320 e. The number of nitrogen functional groups attached to an aromatic ring is 1. The van der Waals surface area contributed by atoms with Gasteiger partial charge in [0, 0.05) is 17.7 Å². The number of nitrogens with two attached hydrogens (primary N) is 1. The van der Waals surface area contributed by atoms with Gasteiger partial charge in [0.15, 0.2) is 0 Å². The first-order chi connectivity index (χ1) is 21.5. The van der Waals surface area contributed by atoms with E-state index in [1.165, 1.54) is 39.8 Å². The number of nitrogens with one attached hydrogen (secondary N) is 3. The quantitative estimate of drug-likeness (QED) is 0.142. The van der Waals surface area contributed by atoms with Crippen LogP contribution in [0.15, 0.2) is 91.1 Å². The van der Waals surface area contributed by atoms with E-state index < -0.39 is 5.97 Å². The number of H-pyrrole nitrogens is 1. The number of hydrogen-bond acceptors (Lipinski definition) is 5. The van der Waals surface area contributed by atoms with Crippen LogP contribution in [0, 0.1) is 0 Å². The Balaban J connectivity index is 0.000000342. The minimum Gasteiger partial charge on any atom is -0.480 e. The Bertz CT molecular complexity index is 1800. The van der Waals surface area contributed by atoms with E-state index in [0.29, 0.717) is 6.04 Å². The third kappa shape index (κ3) is 5.52. The summed E-state index contributed by atoms with van der Waals surface area (Å²) in [7, 11) is 0. The Morgan fingerprint density at radius 2 is 1.52 bits per heavy atom. The van der Waals surface area contributed by atoms with Crippen LogP contribution in [-0.2, 0) is 11.2 Å². The number of carboxylic acids is 1. The maximum absolute atomic E-state index is 10.1. The summed E-state index contributed by atoms with van der Waals surface area (Å²) < 4.78 is 0. The van der Waals surface area contributed by atoms with Crippen LogP contribution in [0.25, 0.3) is 44.6 Å². The number of carbonyl (C=O) groups is 1. The van der Waals surface area contributed by atoms with Crippen molar-refractivity contribution in [1.82, 2.24) is 20.6 Å². The van der Waals surface area contributed by atoms with E-state index in [1.54, 1.807) is 0 Å². The van der Waals surface area contributed by atoms with E-state index in [1.807, 2.05) is 6.20 Å². The summed E-state index contributed by atoms with van der Waals surface area (Å²) in [4.78, 5) is 18.3. The van der Waals surface area contributed by atoms with E-state index in [4.69, 9.17) is 10.8 Å². The molecule has 3 heterocycles. The molecule has 0 amide bonds. The van der Waals surface area contributed by atoms with Crippen molar-refractivity contribution < 1.29 is 9.90 Å². The Kier molecular flexibility index (Phi) is 7.73. The fraction of sp³-hybridized carbons (Fsp3) is 0.243. The molecule has 5 aromatic rings. The number of carboxylic acid groups (broad SMARTS) is 1. The molecule has 44 heavy (non-hydrogen) atoms. The highest BCUT2D eigenvalue weighted by atomic mass is 16.4. The molecule has 6 N–H and O–H groups in total. The van der Waals surface area contributed by atoms with Crippen LogP contribution in [-0.4, -0.2) is 40.2 Å². The molecule has 1 aromatic heterocycles. The van der Waals surface area contributed by atoms with E-state index in [9.17, 15) is 4.79 Å². The van der Waals surface area contributed by atoms with Gasteiger partial charge in [0.05, 0.1) is 17.9 Å². The molecule has 8 rings (SSSR count). The summed E-state index contributed by atoms with van der Waals surface area (Å²) in [5.41, 5.74) is 19.6. The molecule has 0 bridgehead atoms. The van der Waals surface area contributed by atoms with Crippen molar-refractivity contribution in [3.05, 3.63) is 108 Å². The topological polar surface area (TPSA) is 116 Å². The fourth-order valence-corrected chi connectivity index (χ4v) is 6.67. The summed E-state index contributed by atoms with van der Waals surface area (Å²) in [6.07, 6.45) is 6.98.